The maximum absolute atomic E-state index is 14.0. The Bertz CT molecular complexity index is 1200. The Kier molecular flexibility index (Phi) is 17.4. The first-order valence-electron chi connectivity index (χ1n) is 17.4. The summed E-state index contributed by atoms with van der Waals surface area (Å²) in [5.41, 5.74) is 3.64. The molecule has 1 aliphatic carbocycles. The van der Waals surface area contributed by atoms with Crippen LogP contribution in [-0.4, -0.2) is 101 Å². The lowest BCUT2D eigenvalue weighted by Crippen LogP contribution is -2.53. The molecule has 2 aromatic rings. The zero-order valence-electron chi connectivity index (χ0n) is 28.7. The van der Waals surface area contributed by atoms with Crippen LogP contribution in [0.2, 0.25) is 0 Å². The van der Waals surface area contributed by atoms with E-state index < -0.39 is 18.1 Å². The Hall–Kier alpha value is -2.81. The molecule has 1 saturated carbocycles. The fourth-order valence-electron chi connectivity index (χ4n) is 6.49. The SMILES string of the molecule is C#CCC(O)[C@H](O)C(CC1CCCCC1)NC[C@H](Cc1cscn1)NC(=O)C(CC(=O)N(C)CCN(CC)CC)Cc1ccccc1. The molecule has 1 aliphatic rings. The van der Waals surface area contributed by atoms with Gasteiger partial charge >= 0.3 is 0 Å². The third kappa shape index (κ3) is 13.7. The average molecular weight is 668 g/mol. The number of nitrogens with zero attached hydrogens (tertiary/aromatic N) is 3. The minimum Gasteiger partial charge on any atom is -0.389 e. The van der Waals surface area contributed by atoms with Crippen LogP contribution in [0.15, 0.2) is 41.2 Å². The minimum atomic E-state index is -1.03. The Morgan fingerprint density at radius 1 is 1.09 bits per heavy atom. The molecular formula is C37H57N5O4S. The summed E-state index contributed by atoms with van der Waals surface area (Å²) >= 11 is 1.50. The molecule has 1 aromatic heterocycles. The number of nitrogens with one attached hydrogen (secondary N) is 2. The highest BCUT2D eigenvalue weighted by Gasteiger charge is 2.31. The molecule has 1 fully saturated rings. The predicted molar refractivity (Wildman–Crippen MR) is 190 cm³/mol. The molecule has 0 saturated heterocycles. The summed E-state index contributed by atoms with van der Waals surface area (Å²) in [6.07, 6.45) is 11.0. The van der Waals surface area contributed by atoms with Crippen LogP contribution in [0, 0.1) is 24.2 Å². The standard InChI is InChI=1S/C37H57N5O4S/c1-5-14-34(43)36(45)33(22-29-17-12-9-13-18-29)38-25-31(24-32-26-47-27-39-32)40-37(46)30(21-28-15-10-8-11-16-28)23-35(44)41(4)19-20-42(6-2)7-3/h1,8,10-11,15-16,26-27,29-31,33-34,36,38,43,45H,6-7,9,12-14,17-25H2,2-4H3,(H,40,46)/t30?,31-,33?,34?,36+/m0/s1. The molecule has 3 rings (SSSR count). The van der Waals surface area contributed by atoms with Crippen LogP contribution in [0.1, 0.15) is 76.5 Å². The molecule has 10 heteroatoms. The molecule has 47 heavy (non-hydrogen) atoms. The highest BCUT2D eigenvalue weighted by molar-refractivity contribution is 7.07. The van der Waals surface area contributed by atoms with Crippen molar-refractivity contribution in [2.24, 2.45) is 11.8 Å². The van der Waals surface area contributed by atoms with Crippen molar-refractivity contribution < 1.29 is 19.8 Å². The molecule has 0 bridgehead atoms. The lowest BCUT2D eigenvalue weighted by atomic mass is 9.82. The number of aliphatic hydroxyl groups excluding tert-OH is 2. The van der Waals surface area contributed by atoms with Crippen LogP contribution < -0.4 is 10.6 Å². The smallest absolute Gasteiger partial charge is 0.224 e. The fraction of sp³-hybridized carbons (Fsp3) is 0.649. The summed E-state index contributed by atoms with van der Waals surface area (Å²) in [6, 6.07) is 9.09. The van der Waals surface area contributed by atoms with Gasteiger partial charge in [-0.2, -0.15) is 0 Å². The van der Waals surface area contributed by atoms with E-state index in [-0.39, 0.29) is 36.7 Å². The highest BCUT2D eigenvalue weighted by Crippen LogP contribution is 2.28. The van der Waals surface area contributed by atoms with E-state index >= 15 is 0 Å². The molecular weight excluding hydrogens is 611 g/mol. The third-order valence-electron chi connectivity index (χ3n) is 9.55. The topological polar surface area (TPSA) is 118 Å². The van der Waals surface area contributed by atoms with Gasteiger partial charge in [-0.15, -0.1) is 23.7 Å². The monoisotopic (exact) mass is 667 g/mol. The second kappa shape index (κ2) is 21.2. The Morgan fingerprint density at radius 3 is 2.45 bits per heavy atom. The van der Waals surface area contributed by atoms with E-state index in [9.17, 15) is 19.8 Å². The maximum atomic E-state index is 14.0. The first-order valence-corrected chi connectivity index (χ1v) is 18.4. The van der Waals surface area contributed by atoms with Crippen LogP contribution in [0.5, 0.6) is 0 Å². The van der Waals surface area contributed by atoms with Gasteiger partial charge in [-0.25, -0.2) is 4.98 Å². The number of aromatic nitrogens is 1. The lowest BCUT2D eigenvalue weighted by molar-refractivity contribution is -0.135. The van der Waals surface area contributed by atoms with Crippen molar-refractivity contribution in [1.82, 2.24) is 25.4 Å². The molecule has 9 nitrogen and oxygen atoms in total. The number of benzene rings is 1. The number of amides is 2. The molecule has 4 N–H and O–H groups in total. The molecule has 0 aliphatic heterocycles. The van der Waals surface area contributed by atoms with Gasteiger partial charge in [0.15, 0.2) is 0 Å². The zero-order chi connectivity index (χ0) is 34.0. The second-order valence-corrected chi connectivity index (χ2v) is 13.8. The van der Waals surface area contributed by atoms with Crippen molar-refractivity contribution in [3.63, 3.8) is 0 Å². The zero-order valence-corrected chi connectivity index (χ0v) is 29.5. The van der Waals surface area contributed by atoms with E-state index in [0.29, 0.717) is 31.8 Å². The number of rotatable bonds is 21. The normalized spacial score (nSPS) is 17.0. The maximum Gasteiger partial charge on any atom is 0.224 e. The van der Waals surface area contributed by atoms with Gasteiger partial charge in [-0.3, -0.25) is 9.59 Å². The number of hydrogen-bond donors (Lipinski definition) is 4. The van der Waals surface area contributed by atoms with Crippen LogP contribution in [-0.2, 0) is 22.4 Å². The van der Waals surface area contributed by atoms with Gasteiger partial charge in [-0.1, -0.05) is 76.3 Å². The van der Waals surface area contributed by atoms with Crippen molar-refractivity contribution in [2.75, 3.05) is 39.8 Å². The molecule has 260 valence electrons. The number of carbonyl (C=O) groups is 2. The van der Waals surface area contributed by atoms with E-state index in [1.165, 1.54) is 30.6 Å². The van der Waals surface area contributed by atoms with Crippen LogP contribution in [0.25, 0.3) is 0 Å². The lowest BCUT2D eigenvalue weighted by Gasteiger charge is -2.33. The molecule has 1 heterocycles. The number of aliphatic hydroxyl groups is 2. The Morgan fingerprint density at radius 2 is 1.81 bits per heavy atom. The fourth-order valence-corrected chi connectivity index (χ4v) is 7.06. The summed E-state index contributed by atoms with van der Waals surface area (Å²) in [5.74, 6) is 2.13. The second-order valence-electron chi connectivity index (χ2n) is 13.0. The Labute approximate surface area is 286 Å². The summed E-state index contributed by atoms with van der Waals surface area (Å²) in [5, 5.41) is 30.5. The van der Waals surface area contributed by atoms with E-state index in [1.54, 1.807) is 10.4 Å². The van der Waals surface area contributed by atoms with Gasteiger partial charge in [0.05, 0.1) is 29.3 Å². The van der Waals surface area contributed by atoms with Crippen LogP contribution >= 0.6 is 11.3 Å². The number of terminal acetylenes is 1. The Balaban J connectivity index is 1.76. The van der Waals surface area contributed by atoms with Crippen molar-refractivity contribution >= 4 is 23.2 Å². The van der Waals surface area contributed by atoms with E-state index in [0.717, 1.165) is 50.2 Å². The first kappa shape index (κ1) is 38.6. The molecule has 5 atom stereocenters. The molecule has 1 aromatic carbocycles. The van der Waals surface area contributed by atoms with Gasteiger partial charge in [0.25, 0.3) is 0 Å². The van der Waals surface area contributed by atoms with E-state index in [2.05, 4.69) is 40.3 Å². The van der Waals surface area contributed by atoms with Gasteiger partial charge in [0.1, 0.15) is 0 Å². The van der Waals surface area contributed by atoms with Crippen molar-refractivity contribution in [3.05, 3.63) is 52.5 Å². The largest absolute Gasteiger partial charge is 0.389 e. The van der Waals surface area contributed by atoms with E-state index in [4.69, 9.17) is 6.42 Å². The number of carbonyl (C=O) groups excluding carboxylic acids is 2. The van der Waals surface area contributed by atoms with Crippen LogP contribution in [0.3, 0.4) is 0 Å². The van der Waals surface area contributed by atoms with Crippen molar-refractivity contribution in [1.29, 1.82) is 0 Å². The van der Waals surface area contributed by atoms with Gasteiger partial charge in [0, 0.05) is 63.4 Å². The van der Waals surface area contributed by atoms with Gasteiger partial charge in [-0.05, 0) is 37.4 Å². The van der Waals surface area contributed by atoms with Crippen LogP contribution in [0.4, 0.5) is 0 Å². The number of hydrogen-bond acceptors (Lipinski definition) is 8. The molecule has 3 unspecified atom stereocenters. The quantitative estimate of drug-likeness (QED) is 0.149. The van der Waals surface area contributed by atoms with Gasteiger partial charge in [0.2, 0.25) is 11.8 Å². The van der Waals surface area contributed by atoms with Gasteiger partial charge < -0.3 is 30.6 Å². The first-order chi connectivity index (χ1) is 22.7. The number of thiazole rings is 1. The summed E-state index contributed by atoms with van der Waals surface area (Å²) < 4.78 is 0. The molecule has 2 amide bonds. The third-order valence-corrected chi connectivity index (χ3v) is 10.2. The van der Waals surface area contributed by atoms with Crippen molar-refractivity contribution in [2.45, 2.75) is 102 Å². The summed E-state index contributed by atoms with van der Waals surface area (Å²) in [4.78, 5) is 35.9. The van der Waals surface area contributed by atoms with E-state index in [1.807, 2.05) is 42.8 Å². The predicted octanol–water partition coefficient (Wildman–Crippen LogP) is 3.89. The van der Waals surface area contributed by atoms with Crippen molar-refractivity contribution in [3.8, 4) is 12.3 Å². The summed E-state index contributed by atoms with van der Waals surface area (Å²) in [7, 11) is 1.81. The molecule has 0 radical (unpaired) electrons. The average Bonchev–Trinajstić information content (AvgIpc) is 3.60. The minimum absolute atomic E-state index is 0.0550. The summed E-state index contributed by atoms with van der Waals surface area (Å²) in [6.45, 7) is 7.83. The molecule has 0 spiro atoms. The number of likely N-dealkylation sites (N-methyl/N-ethyl adjacent to an activating group) is 2. The highest BCUT2D eigenvalue weighted by atomic mass is 32.1.